The predicted molar refractivity (Wildman–Crippen MR) is 21.1 cm³/mol. The van der Waals surface area contributed by atoms with Gasteiger partial charge in [-0.05, 0) is 13.8 Å². The molecule has 0 aliphatic carbocycles. The molecule has 0 aromatic rings. The summed E-state index contributed by atoms with van der Waals surface area (Å²) in [5.74, 6) is 2.41. The number of hydrogen-bond acceptors (Lipinski definition) is 0. The average molecular weight is 93.6 g/mol. The third-order valence-corrected chi connectivity index (χ3v) is 1.13. The molecular formula is C4H10Cl+. The van der Waals surface area contributed by atoms with Crippen molar-refractivity contribution >= 4 is 0 Å². The van der Waals surface area contributed by atoms with Crippen LogP contribution in [0.15, 0.2) is 0 Å². The molecule has 0 saturated heterocycles. The summed E-state index contributed by atoms with van der Waals surface area (Å²) in [7, 11) is 2.35. The van der Waals surface area contributed by atoms with E-state index in [1.54, 1.807) is 0 Å². The first-order chi connectivity index (χ1) is 2.41. The first-order valence-corrected chi connectivity index (χ1v) is 3.02. The fourth-order valence-corrected chi connectivity index (χ4v) is 0.567. The van der Waals surface area contributed by atoms with E-state index in [0.717, 1.165) is 0 Å². The summed E-state index contributed by atoms with van der Waals surface area (Å²) in [6.45, 7) is 4.30. The van der Waals surface area contributed by atoms with E-state index in [4.69, 9.17) is 0 Å². The van der Waals surface area contributed by atoms with Gasteiger partial charge in [-0.25, -0.2) is 0 Å². The van der Waals surface area contributed by atoms with Crippen LogP contribution in [0.4, 0.5) is 0 Å². The predicted octanol–water partition coefficient (Wildman–Crippen LogP) is 1.11. The Kier molecular flexibility index (Phi) is 4.54. The topological polar surface area (TPSA) is 0 Å². The molecule has 0 aliphatic rings. The second kappa shape index (κ2) is 4.29. The first kappa shape index (κ1) is 5.29. The van der Waals surface area contributed by atoms with E-state index in [-0.39, 0.29) is 0 Å². The Morgan fingerprint density at radius 3 is 1.60 bits per heavy atom. The van der Waals surface area contributed by atoms with E-state index in [2.05, 4.69) is 24.6 Å². The molecule has 0 radical (unpaired) electrons. The lowest BCUT2D eigenvalue weighted by Crippen LogP contribution is -1.81. The molecule has 0 amide bonds. The van der Waals surface area contributed by atoms with Crippen molar-refractivity contribution in [1.29, 1.82) is 0 Å². The van der Waals surface area contributed by atoms with Crippen LogP contribution in [-0.4, -0.2) is 11.8 Å². The molecule has 0 spiro atoms. The van der Waals surface area contributed by atoms with Gasteiger partial charge in [0.25, 0.3) is 0 Å². The lowest BCUT2D eigenvalue weighted by atomic mass is 11.0. The normalized spacial score (nSPS) is 8.40. The number of halogens is 1. The Balaban J connectivity index is 2.19. The van der Waals surface area contributed by atoms with Crippen LogP contribution >= 0.6 is 0 Å². The monoisotopic (exact) mass is 93.0 g/mol. The minimum absolute atomic E-state index is 1.20. The Labute approximate surface area is 37.3 Å². The van der Waals surface area contributed by atoms with Gasteiger partial charge < -0.3 is 0 Å². The molecule has 0 atom stereocenters. The van der Waals surface area contributed by atoms with Gasteiger partial charge in [0.2, 0.25) is 0 Å². The van der Waals surface area contributed by atoms with Crippen LogP contribution in [0.3, 0.4) is 0 Å². The van der Waals surface area contributed by atoms with Crippen LogP contribution in [0.1, 0.15) is 13.8 Å². The van der Waals surface area contributed by atoms with Crippen molar-refractivity contribution in [2.24, 2.45) is 0 Å². The molecule has 0 heterocycles. The van der Waals surface area contributed by atoms with Gasteiger partial charge in [-0.1, -0.05) is 0 Å². The maximum Gasteiger partial charge on any atom is 0.169 e. The molecule has 0 aromatic carbocycles. The van der Waals surface area contributed by atoms with E-state index >= 15 is 0 Å². The Morgan fingerprint density at radius 1 is 1.20 bits per heavy atom. The van der Waals surface area contributed by atoms with Gasteiger partial charge in [0.15, 0.2) is 11.8 Å². The molecule has 1 heteroatoms. The summed E-state index contributed by atoms with van der Waals surface area (Å²) in [6, 6.07) is 0. The molecular weight excluding hydrogens is 83.5 g/mol. The zero-order chi connectivity index (χ0) is 4.12. The van der Waals surface area contributed by atoms with E-state index in [9.17, 15) is 0 Å². The highest BCUT2D eigenvalue weighted by Gasteiger charge is 1.86. The molecule has 0 saturated carbocycles. The SMILES string of the molecule is CC[Cl+]CC. The molecule has 0 nitrogen and oxygen atoms in total. The van der Waals surface area contributed by atoms with Crippen molar-refractivity contribution in [2.45, 2.75) is 13.8 Å². The van der Waals surface area contributed by atoms with E-state index < -0.39 is 0 Å². The summed E-state index contributed by atoms with van der Waals surface area (Å²) >= 11 is 0. The van der Waals surface area contributed by atoms with Crippen LogP contribution in [0.2, 0.25) is 0 Å². The summed E-state index contributed by atoms with van der Waals surface area (Å²) in [5.41, 5.74) is 0. The van der Waals surface area contributed by atoms with Gasteiger partial charge in [0.05, 0.1) is 0 Å². The van der Waals surface area contributed by atoms with Crippen molar-refractivity contribution in [2.75, 3.05) is 11.8 Å². The number of rotatable bonds is 2. The second-order valence-electron chi connectivity index (χ2n) is 0.724. The minimum Gasteiger partial charge on any atom is -0.00984 e. The zero-order valence-corrected chi connectivity index (χ0v) is 4.55. The molecule has 0 aliphatic heterocycles. The smallest absolute Gasteiger partial charge is 0.00984 e. The van der Waals surface area contributed by atoms with Gasteiger partial charge in [-0.2, -0.15) is 0 Å². The molecule has 32 valence electrons. The van der Waals surface area contributed by atoms with E-state index in [1.165, 1.54) is 11.8 Å². The number of alkyl halides is 2. The van der Waals surface area contributed by atoms with Crippen molar-refractivity contribution in [3.8, 4) is 0 Å². The third-order valence-electron chi connectivity index (χ3n) is 0.378. The standard InChI is InChI=1S/C4H10Cl/c1-3-5-4-2/h3-4H2,1-2H3/q+1. The first-order valence-electron chi connectivity index (χ1n) is 1.95. The van der Waals surface area contributed by atoms with Gasteiger partial charge >= 0.3 is 0 Å². The Bertz CT molecular complexity index is 11.1. The molecule has 0 bridgehead atoms. The molecule has 0 N–H and O–H groups in total. The fourth-order valence-electron chi connectivity index (χ4n) is 0.189. The van der Waals surface area contributed by atoms with Crippen LogP contribution in [0, 0.1) is 10.8 Å². The van der Waals surface area contributed by atoms with Gasteiger partial charge in [-0.3, -0.25) is 0 Å². The highest BCUT2D eigenvalue weighted by atomic mass is 35.5. The quantitative estimate of drug-likeness (QED) is 0.449. The van der Waals surface area contributed by atoms with Gasteiger partial charge in [-0.15, -0.1) is 0 Å². The summed E-state index contributed by atoms with van der Waals surface area (Å²) in [5, 5.41) is 0. The highest BCUT2D eigenvalue weighted by Crippen LogP contribution is 1.66. The van der Waals surface area contributed by atoms with Crippen molar-refractivity contribution in [1.82, 2.24) is 0 Å². The molecule has 0 rings (SSSR count). The Hall–Kier alpha value is 0.290. The Morgan fingerprint density at radius 2 is 1.60 bits per heavy atom. The maximum atomic E-state index is 2.35. The second-order valence-corrected chi connectivity index (χ2v) is 2.17. The third kappa shape index (κ3) is 4.29. The summed E-state index contributed by atoms with van der Waals surface area (Å²) in [4.78, 5) is 0. The average Bonchev–Trinajstić information content (AvgIpc) is 1.41. The maximum absolute atomic E-state index is 2.35. The van der Waals surface area contributed by atoms with E-state index in [0.29, 0.717) is 0 Å². The van der Waals surface area contributed by atoms with Crippen molar-refractivity contribution < 1.29 is 10.8 Å². The van der Waals surface area contributed by atoms with Gasteiger partial charge in [0.1, 0.15) is 10.8 Å². The minimum atomic E-state index is 1.20. The lowest BCUT2D eigenvalue weighted by Gasteiger charge is -1.61. The lowest BCUT2D eigenvalue weighted by molar-refractivity contribution is -0.648. The van der Waals surface area contributed by atoms with Crippen molar-refractivity contribution in [3.05, 3.63) is 0 Å². The van der Waals surface area contributed by atoms with Crippen LogP contribution < -0.4 is 0 Å². The molecule has 0 fully saturated rings. The largest absolute Gasteiger partial charge is 0.169 e. The van der Waals surface area contributed by atoms with Crippen LogP contribution in [-0.2, 0) is 0 Å². The zero-order valence-electron chi connectivity index (χ0n) is 3.79. The number of hydrogen-bond donors (Lipinski definition) is 0. The molecule has 0 aromatic heterocycles. The fraction of sp³-hybridized carbons (Fsp3) is 1.00. The van der Waals surface area contributed by atoms with Crippen LogP contribution in [0.25, 0.3) is 0 Å². The molecule has 0 unspecified atom stereocenters. The summed E-state index contributed by atoms with van der Waals surface area (Å²) in [6.07, 6.45) is 0. The molecule has 5 heavy (non-hydrogen) atoms. The highest BCUT2D eigenvalue weighted by molar-refractivity contribution is 3.95. The van der Waals surface area contributed by atoms with Gasteiger partial charge in [0, 0.05) is 0 Å². The van der Waals surface area contributed by atoms with E-state index in [1.807, 2.05) is 0 Å². The van der Waals surface area contributed by atoms with Crippen molar-refractivity contribution in [3.63, 3.8) is 0 Å². The van der Waals surface area contributed by atoms with Crippen LogP contribution in [0.5, 0.6) is 0 Å². The summed E-state index contributed by atoms with van der Waals surface area (Å²) < 4.78 is 0.